The van der Waals surface area contributed by atoms with Crippen LogP contribution in [0.4, 0.5) is 0 Å². The van der Waals surface area contributed by atoms with Crippen LogP contribution in [0.2, 0.25) is 0 Å². The minimum atomic E-state index is -4.25. The summed E-state index contributed by atoms with van der Waals surface area (Å²) in [5.41, 5.74) is 0. The zero-order valence-electron chi connectivity index (χ0n) is 20.6. The van der Waals surface area contributed by atoms with E-state index in [-0.39, 0.29) is 59.5 Å². The maximum atomic E-state index is 10.3. The van der Waals surface area contributed by atoms with Crippen LogP contribution in [0, 0.1) is 39.9 Å². The molecule has 0 aliphatic rings. The van der Waals surface area contributed by atoms with Crippen LogP contribution < -0.4 is 0 Å². The molecule has 0 bridgehead atoms. The standard InChI is InChI=1S/4C6H6O3S.Th/c4*7-10(8,9)6-4-2-1-3-5-6;/h4*1-5H,(H,7,8,9);/q;;;;+4/p-4. The first kappa shape index (κ1) is 38.8. The minimum absolute atomic E-state index is 0. The molecule has 0 saturated heterocycles. The van der Waals surface area contributed by atoms with E-state index in [2.05, 4.69) is 0 Å². The summed E-state index contributed by atoms with van der Waals surface area (Å²) in [7, 11) is -17.0. The van der Waals surface area contributed by atoms with Gasteiger partial charge in [-0.25, -0.2) is 33.7 Å². The van der Waals surface area contributed by atoms with E-state index in [9.17, 15) is 51.9 Å². The van der Waals surface area contributed by atoms with Crippen LogP contribution in [0.5, 0.6) is 0 Å². The molecule has 0 atom stereocenters. The molecule has 0 aliphatic heterocycles. The third kappa shape index (κ3) is 16.8. The molecule has 0 unspecified atom stereocenters. The van der Waals surface area contributed by atoms with E-state index in [0.717, 1.165) is 0 Å². The summed E-state index contributed by atoms with van der Waals surface area (Å²) in [5, 5.41) is 0. The Morgan fingerprint density at radius 2 is 0.415 bits per heavy atom. The molecule has 0 radical (unpaired) electrons. The Kier molecular flexibility index (Phi) is 16.8. The normalized spacial score (nSPS) is 11.0. The van der Waals surface area contributed by atoms with Gasteiger partial charge in [-0.15, -0.1) is 0 Å². The van der Waals surface area contributed by atoms with E-state index in [0.29, 0.717) is 0 Å². The largest absolute Gasteiger partial charge is 4.00 e. The van der Waals surface area contributed by atoms with Crippen LogP contribution in [-0.2, 0) is 40.5 Å². The zero-order chi connectivity index (χ0) is 30.5. The van der Waals surface area contributed by atoms with Crippen LogP contribution in [-0.4, -0.2) is 51.9 Å². The Hall–Kier alpha value is -2.16. The molecule has 0 N–H and O–H groups in total. The molecule has 4 aromatic carbocycles. The second-order valence-corrected chi connectivity index (χ2v) is 12.6. The Morgan fingerprint density at radius 1 is 0.293 bits per heavy atom. The fourth-order valence-corrected chi connectivity index (χ4v) is 4.31. The van der Waals surface area contributed by atoms with E-state index in [1.165, 1.54) is 97.1 Å². The Labute approximate surface area is 270 Å². The molecular formula is C24H20O12S4Th. The molecule has 12 nitrogen and oxygen atoms in total. The van der Waals surface area contributed by atoms with Gasteiger partial charge in [0, 0.05) is 0 Å². The summed E-state index contributed by atoms with van der Waals surface area (Å²) in [4.78, 5) is -0.741. The van der Waals surface area contributed by atoms with E-state index in [4.69, 9.17) is 0 Å². The molecule has 41 heavy (non-hydrogen) atoms. The quantitative estimate of drug-likeness (QED) is 0.270. The fraction of sp³-hybridized carbons (Fsp3) is 0. The van der Waals surface area contributed by atoms with Gasteiger partial charge in [0.1, 0.15) is 40.5 Å². The average Bonchev–Trinajstić information content (AvgIpc) is 2.90. The summed E-state index contributed by atoms with van der Waals surface area (Å²) < 4.78 is 123. The van der Waals surface area contributed by atoms with Crippen LogP contribution in [0.15, 0.2) is 141 Å². The Morgan fingerprint density at radius 3 is 0.488 bits per heavy atom. The maximum absolute atomic E-state index is 10.3. The topological polar surface area (TPSA) is 229 Å². The average molecular weight is 861 g/mol. The predicted molar refractivity (Wildman–Crippen MR) is 138 cm³/mol. The molecule has 0 spiro atoms. The molecule has 17 heteroatoms. The van der Waals surface area contributed by atoms with Crippen molar-refractivity contribution in [2.24, 2.45) is 0 Å². The van der Waals surface area contributed by atoms with Gasteiger partial charge >= 0.3 is 39.9 Å². The van der Waals surface area contributed by atoms with Gasteiger partial charge in [-0.1, -0.05) is 72.8 Å². The first-order chi connectivity index (χ1) is 18.4. The summed E-state index contributed by atoms with van der Waals surface area (Å²) in [6.45, 7) is 0. The number of benzene rings is 4. The van der Waals surface area contributed by atoms with Crippen LogP contribution in [0.1, 0.15) is 0 Å². The second-order valence-electron chi connectivity index (χ2n) is 7.07. The SMILES string of the molecule is O=S(=O)([O-])c1ccccc1.O=S(=O)([O-])c1ccccc1.O=S(=O)([O-])c1ccccc1.O=S(=O)([O-])c1ccccc1.[Th+4]. The summed E-state index contributed by atoms with van der Waals surface area (Å²) in [6.07, 6.45) is 0. The van der Waals surface area contributed by atoms with Crippen molar-refractivity contribution in [2.45, 2.75) is 19.6 Å². The molecule has 4 aromatic rings. The molecule has 0 fully saturated rings. The predicted octanol–water partition coefficient (Wildman–Crippen LogP) is 2.36. The van der Waals surface area contributed by atoms with Gasteiger partial charge in [0.15, 0.2) is 0 Å². The smallest absolute Gasteiger partial charge is 0.744 e. The molecule has 4 rings (SSSR count). The Bertz CT molecular complexity index is 1480. The van der Waals surface area contributed by atoms with Crippen LogP contribution >= 0.6 is 0 Å². The van der Waals surface area contributed by atoms with Crippen molar-refractivity contribution in [1.29, 1.82) is 0 Å². The third-order valence-electron chi connectivity index (χ3n) is 4.13. The molecule has 0 aliphatic carbocycles. The molecule has 0 aromatic heterocycles. The molecule has 0 saturated carbocycles. The number of rotatable bonds is 4. The van der Waals surface area contributed by atoms with E-state index < -0.39 is 40.5 Å². The van der Waals surface area contributed by atoms with E-state index >= 15 is 0 Å². The van der Waals surface area contributed by atoms with Gasteiger partial charge in [0.05, 0.1) is 19.6 Å². The van der Waals surface area contributed by atoms with Gasteiger partial charge in [-0.2, -0.15) is 0 Å². The van der Waals surface area contributed by atoms with Gasteiger partial charge in [0.25, 0.3) is 0 Å². The van der Waals surface area contributed by atoms with Crippen molar-refractivity contribution in [1.82, 2.24) is 0 Å². The van der Waals surface area contributed by atoms with Gasteiger partial charge in [0.2, 0.25) is 0 Å². The van der Waals surface area contributed by atoms with Crippen LogP contribution in [0.3, 0.4) is 0 Å². The van der Waals surface area contributed by atoms with E-state index in [1.54, 1.807) is 24.3 Å². The number of hydrogen-bond acceptors (Lipinski definition) is 12. The van der Waals surface area contributed by atoms with Crippen molar-refractivity contribution in [2.75, 3.05) is 0 Å². The van der Waals surface area contributed by atoms with Crippen LogP contribution in [0.25, 0.3) is 0 Å². The summed E-state index contributed by atoms with van der Waals surface area (Å²) >= 11 is 0. The van der Waals surface area contributed by atoms with Crippen molar-refractivity contribution in [3.8, 4) is 0 Å². The summed E-state index contributed by atoms with van der Waals surface area (Å²) in [5.74, 6) is 0. The molecule has 0 amide bonds. The van der Waals surface area contributed by atoms with Gasteiger partial charge in [-0.3, -0.25) is 0 Å². The summed E-state index contributed by atoms with van der Waals surface area (Å²) in [6, 6.07) is 28.8. The third-order valence-corrected chi connectivity index (χ3v) is 7.53. The molecule has 216 valence electrons. The molecule has 0 heterocycles. The minimum Gasteiger partial charge on any atom is -0.744 e. The van der Waals surface area contributed by atoms with Gasteiger partial charge in [-0.05, 0) is 48.5 Å². The second kappa shape index (κ2) is 17.7. The first-order valence-electron chi connectivity index (χ1n) is 10.5. The Balaban J connectivity index is 0.000000516. The van der Waals surface area contributed by atoms with Crippen molar-refractivity contribution >= 4 is 40.5 Å². The monoisotopic (exact) mass is 860 g/mol. The van der Waals surface area contributed by atoms with Crippen molar-refractivity contribution in [3.05, 3.63) is 121 Å². The first-order valence-corrected chi connectivity index (χ1v) is 16.1. The van der Waals surface area contributed by atoms with E-state index in [1.807, 2.05) is 0 Å². The maximum Gasteiger partial charge on any atom is 4.00 e. The van der Waals surface area contributed by atoms with Crippen molar-refractivity contribution < 1.29 is 91.8 Å². The van der Waals surface area contributed by atoms with Gasteiger partial charge < -0.3 is 18.2 Å². The number of hydrogen-bond donors (Lipinski definition) is 0. The van der Waals surface area contributed by atoms with Crippen molar-refractivity contribution in [3.63, 3.8) is 0 Å². The molecular weight excluding hydrogens is 841 g/mol. The zero-order valence-corrected chi connectivity index (χ0v) is 28.0. The fourth-order valence-electron chi connectivity index (χ4n) is 2.35.